The monoisotopic (exact) mass is 623 g/mol. The molecule has 46 heavy (non-hydrogen) atoms. The van der Waals surface area contributed by atoms with Crippen LogP contribution in [0.5, 0.6) is 34.5 Å². The highest BCUT2D eigenvalue weighted by Crippen LogP contribution is 2.38. The molecule has 12 heteroatoms. The number of nitrogens with one attached hydrogen (secondary N) is 2. The Balaban J connectivity index is 1.30. The molecule has 2 N–H and O–H groups in total. The molecule has 5 rings (SSSR count). The molecule has 12 nitrogen and oxygen atoms in total. The smallest absolute Gasteiger partial charge is 0.343 e. The number of nitrogens with zero attached hydrogens (tertiary/aromatic N) is 1. The van der Waals surface area contributed by atoms with Crippen LogP contribution in [0.3, 0.4) is 0 Å². The number of hydrogen-bond donors (Lipinski definition) is 2. The number of fused-ring (bicyclic) bond motifs is 1. The van der Waals surface area contributed by atoms with Crippen LogP contribution in [-0.4, -0.2) is 52.1 Å². The van der Waals surface area contributed by atoms with Crippen LogP contribution < -0.4 is 39.2 Å². The third-order valence-electron chi connectivity index (χ3n) is 6.59. The van der Waals surface area contributed by atoms with Gasteiger partial charge in [0.15, 0.2) is 23.0 Å². The van der Waals surface area contributed by atoms with Crippen LogP contribution in [0.15, 0.2) is 95.7 Å². The van der Waals surface area contributed by atoms with Gasteiger partial charge in [0.1, 0.15) is 11.4 Å². The average molecular weight is 624 g/mol. The molecule has 0 radical (unpaired) electrons. The van der Waals surface area contributed by atoms with Crippen molar-refractivity contribution in [2.45, 2.75) is 0 Å². The molecule has 4 aromatic carbocycles. The van der Waals surface area contributed by atoms with Crippen LogP contribution in [0.4, 0.5) is 0 Å². The highest BCUT2D eigenvalue weighted by Gasteiger charge is 2.19. The molecule has 1 aliphatic heterocycles. The summed E-state index contributed by atoms with van der Waals surface area (Å²) in [7, 11) is 4.35. The summed E-state index contributed by atoms with van der Waals surface area (Å²) in [5, 5.41) is 6.68. The van der Waals surface area contributed by atoms with E-state index >= 15 is 0 Å². The molecule has 0 aromatic heterocycles. The molecule has 0 saturated carbocycles. The molecule has 1 aliphatic rings. The fourth-order valence-corrected chi connectivity index (χ4v) is 4.36. The van der Waals surface area contributed by atoms with Crippen LogP contribution in [-0.2, 0) is 4.79 Å². The number of hydrazone groups is 1. The van der Waals surface area contributed by atoms with Crippen molar-refractivity contribution in [2.24, 2.45) is 5.10 Å². The topological polar surface area (TPSA) is 143 Å². The normalized spacial score (nSPS) is 11.9. The number of amides is 2. The van der Waals surface area contributed by atoms with Crippen molar-refractivity contribution in [3.63, 3.8) is 0 Å². The van der Waals surface area contributed by atoms with E-state index in [0.717, 1.165) is 0 Å². The lowest BCUT2D eigenvalue weighted by molar-refractivity contribution is -0.117. The number of carbonyl (C=O) groups excluding carboxylic acids is 3. The molecule has 1 heterocycles. The van der Waals surface area contributed by atoms with Crippen LogP contribution in [0.2, 0.25) is 0 Å². The molecule has 0 bridgehead atoms. The molecule has 0 spiro atoms. The zero-order chi connectivity index (χ0) is 32.5. The van der Waals surface area contributed by atoms with Gasteiger partial charge < -0.3 is 33.7 Å². The summed E-state index contributed by atoms with van der Waals surface area (Å²) in [5.41, 5.74) is 4.03. The number of hydrogen-bond acceptors (Lipinski definition) is 10. The number of carbonyl (C=O) groups is 3. The molecule has 0 aliphatic carbocycles. The molecule has 2 amide bonds. The van der Waals surface area contributed by atoms with E-state index in [4.69, 9.17) is 28.4 Å². The van der Waals surface area contributed by atoms with Gasteiger partial charge >= 0.3 is 5.97 Å². The Bertz CT molecular complexity index is 1800. The van der Waals surface area contributed by atoms with Gasteiger partial charge in [-0.25, -0.2) is 10.2 Å². The molecule has 0 fully saturated rings. The largest absolute Gasteiger partial charge is 0.493 e. The molecule has 0 atom stereocenters. The maximum absolute atomic E-state index is 13.2. The first kappa shape index (κ1) is 31.1. The molecule has 0 saturated heterocycles. The Hall–Kier alpha value is -6.30. The first-order chi connectivity index (χ1) is 22.4. The predicted octanol–water partition coefficient (Wildman–Crippen LogP) is 4.58. The highest BCUT2D eigenvalue weighted by molar-refractivity contribution is 6.05. The molecule has 4 aromatic rings. The number of ether oxygens (including phenoxy) is 6. The average Bonchev–Trinajstić information content (AvgIpc) is 3.55. The lowest BCUT2D eigenvalue weighted by Gasteiger charge is -2.13. The molecular weight excluding hydrogens is 594 g/mol. The maximum atomic E-state index is 13.2. The van der Waals surface area contributed by atoms with E-state index in [2.05, 4.69) is 15.8 Å². The summed E-state index contributed by atoms with van der Waals surface area (Å²) in [6, 6.07) is 23.1. The number of benzene rings is 4. The van der Waals surface area contributed by atoms with E-state index < -0.39 is 17.8 Å². The van der Waals surface area contributed by atoms with Gasteiger partial charge in [0, 0.05) is 5.56 Å². The van der Waals surface area contributed by atoms with Gasteiger partial charge in [-0.15, -0.1) is 0 Å². The third kappa shape index (κ3) is 7.42. The van der Waals surface area contributed by atoms with Crippen molar-refractivity contribution in [1.29, 1.82) is 0 Å². The van der Waals surface area contributed by atoms with Gasteiger partial charge in [-0.3, -0.25) is 9.59 Å². The van der Waals surface area contributed by atoms with Crippen molar-refractivity contribution >= 4 is 30.1 Å². The third-order valence-corrected chi connectivity index (χ3v) is 6.59. The predicted molar refractivity (Wildman–Crippen MR) is 168 cm³/mol. The van der Waals surface area contributed by atoms with Crippen LogP contribution in [0.1, 0.15) is 31.8 Å². The van der Waals surface area contributed by atoms with Gasteiger partial charge in [0.25, 0.3) is 11.8 Å². The first-order valence-electron chi connectivity index (χ1n) is 13.8. The van der Waals surface area contributed by atoms with Crippen molar-refractivity contribution in [2.75, 3.05) is 28.1 Å². The molecule has 234 valence electrons. The summed E-state index contributed by atoms with van der Waals surface area (Å²) in [5.74, 6) is 0.465. The standard InChI is InChI=1S/C34H29N3O9/c1-41-29-17-24(18-30(42-2)31(29)43-3)34(40)46-25-11-7-8-22(14-25)19-35-37-33(39)26(36-32(38)23-9-5-4-6-10-23)15-21-12-13-27-28(16-21)45-20-44-27/h4-19H,20H2,1-3H3,(H,36,38)(H,37,39)/b26-15+,35-19+. The van der Waals surface area contributed by atoms with E-state index in [0.29, 0.717) is 45.4 Å². The fourth-order valence-electron chi connectivity index (χ4n) is 4.36. The van der Waals surface area contributed by atoms with Gasteiger partial charge in [0.05, 0.1) is 33.1 Å². The van der Waals surface area contributed by atoms with Crippen molar-refractivity contribution in [3.05, 3.63) is 113 Å². The minimum Gasteiger partial charge on any atom is -0.493 e. The Labute approximate surface area is 264 Å². The van der Waals surface area contributed by atoms with E-state index in [-0.39, 0.29) is 23.8 Å². The fraction of sp³-hybridized carbons (Fsp3) is 0.118. The van der Waals surface area contributed by atoms with E-state index in [1.54, 1.807) is 72.8 Å². The summed E-state index contributed by atoms with van der Waals surface area (Å²) in [4.78, 5) is 39.0. The van der Waals surface area contributed by atoms with E-state index in [9.17, 15) is 14.4 Å². The van der Waals surface area contributed by atoms with Crippen LogP contribution in [0.25, 0.3) is 6.08 Å². The van der Waals surface area contributed by atoms with E-state index in [1.807, 2.05) is 0 Å². The second kappa shape index (κ2) is 14.4. The maximum Gasteiger partial charge on any atom is 0.343 e. The van der Waals surface area contributed by atoms with E-state index in [1.165, 1.54) is 45.8 Å². The Morgan fingerprint density at radius 2 is 1.50 bits per heavy atom. The van der Waals surface area contributed by atoms with Gasteiger partial charge in [-0.2, -0.15) is 5.10 Å². The Morgan fingerprint density at radius 3 is 2.22 bits per heavy atom. The van der Waals surface area contributed by atoms with Gasteiger partial charge in [0.2, 0.25) is 12.5 Å². The summed E-state index contributed by atoms with van der Waals surface area (Å²) in [6.45, 7) is 0.0979. The van der Waals surface area contributed by atoms with Gasteiger partial charge in [-0.05, 0) is 65.7 Å². The van der Waals surface area contributed by atoms with Crippen LogP contribution in [0, 0.1) is 0 Å². The zero-order valence-corrected chi connectivity index (χ0v) is 25.1. The van der Waals surface area contributed by atoms with Crippen LogP contribution >= 0.6 is 0 Å². The van der Waals surface area contributed by atoms with Crippen molar-refractivity contribution in [1.82, 2.24) is 10.7 Å². The minimum absolute atomic E-state index is 0.0575. The van der Waals surface area contributed by atoms with Gasteiger partial charge in [-0.1, -0.05) is 36.4 Å². The van der Waals surface area contributed by atoms with Crippen molar-refractivity contribution in [3.8, 4) is 34.5 Å². The SMILES string of the molecule is COc1cc(C(=O)Oc2cccc(/C=N/NC(=O)/C(=C\c3ccc4c(c3)OCO4)NC(=O)c3ccccc3)c2)cc(OC)c1OC. The lowest BCUT2D eigenvalue weighted by Crippen LogP contribution is -2.32. The zero-order valence-electron chi connectivity index (χ0n) is 25.1. The molecule has 0 unspecified atom stereocenters. The molecular formula is C34H29N3O9. The number of rotatable bonds is 11. The quantitative estimate of drug-likeness (QED) is 0.0807. The van der Waals surface area contributed by atoms with Crippen molar-refractivity contribution < 1.29 is 42.8 Å². The second-order valence-electron chi connectivity index (χ2n) is 9.57. The first-order valence-corrected chi connectivity index (χ1v) is 13.8. The Kier molecular flexibility index (Phi) is 9.78. The number of methoxy groups -OCH3 is 3. The summed E-state index contributed by atoms with van der Waals surface area (Å²) >= 11 is 0. The highest BCUT2D eigenvalue weighted by atomic mass is 16.7. The Morgan fingerprint density at radius 1 is 0.761 bits per heavy atom. The summed E-state index contributed by atoms with van der Waals surface area (Å²) < 4.78 is 32.2. The lowest BCUT2D eigenvalue weighted by atomic mass is 10.1. The second-order valence-corrected chi connectivity index (χ2v) is 9.57. The number of esters is 1. The minimum atomic E-state index is -0.678. The summed E-state index contributed by atoms with van der Waals surface area (Å²) in [6.07, 6.45) is 2.86.